The number of hydrogen-bond acceptors (Lipinski definition) is 4. The average molecular weight is 253 g/mol. The van der Waals surface area contributed by atoms with E-state index in [2.05, 4.69) is 20.8 Å². The van der Waals surface area contributed by atoms with Gasteiger partial charge in [0.25, 0.3) is 0 Å². The maximum atomic E-state index is 6.29. The Balaban J connectivity index is 3.34. The van der Waals surface area contributed by atoms with Gasteiger partial charge >= 0.3 is 0 Å². The number of nitrogens with two attached hydrogens (primary N) is 1. The van der Waals surface area contributed by atoms with Gasteiger partial charge in [0.15, 0.2) is 11.5 Å². The lowest BCUT2D eigenvalue weighted by atomic mass is 9.82. The van der Waals surface area contributed by atoms with E-state index >= 15 is 0 Å². The fourth-order valence-electron chi connectivity index (χ4n) is 1.76. The molecule has 18 heavy (non-hydrogen) atoms. The average Bonchev–Trinajstić information content (AvgIpc) is 2.34. The SMILES string of the molecule is COc1cc(OC)c([C@H](N)C(C)(C)C)cc1OC. The Bertz CT molecular complexity index is 410. The van der Waals surface area contributed by atoms with Crippen LogP contribution in [0.4, 0.5) is 0 Å². The highest BCUT2D eigenvalue weighted by Crippen LogP contribution is 2.41. The van der Waals surface area contributed by atoms with Crippen LogP contribution in [0.3, 0.4) is 0 Å². The first kappa shape index (κ1) is 14.6. The van der Waals surface area contributed by atoms with Gasteiger partial charge in [0.1, 0.15) is 5.75 Å². The van der Waals surface area contributed by atoms with Crippen molar-refractivity contribution in [1.82, 2.24) is 0 Å². The van der Waals surface area contributed by atoms with Crippen molar-refractivity contribution in [3.8, 4) is 17.2 Å². The van der Waals surface area contributed by atoms with Crippen LogP contribution >= 0.6 is 0 Å². The zero-order valence-electron chi connectivity index (χ0n) is 12.0. The summed E-state index contributed by atoms with van der Waals surface area (Å²) in [6, 6.07) is 3.54. The Morgan fingerprint density at radius 1 is 0.889 bits per heavy atom. The summed E-state index contributed by atoms with van der Waals surface area (Å²) in [6.45, 7) is 6.27. The Kier molecular flexibility index (Phi) is 4.46. The highest BCUT2D eigenvalue weighted by atomic mass is 16.5. The van der Waals surface area contributed by atoms with Gasteiger partial charge in [-0.25, -0.2) is 0 Å². The smallest absolute Gasteiger partial charge is 0.164 e. The minimum absolute atomic E-state index is 0.0626. The highest BCUT2D eigenvalue weighted by Gasteiger charge is 2.26. The monoisotopic (exact) mass is 253 g/mol. The van der Waals surface area contributed by atoms with Gasteiger partial charge in [0.05, 0.1) is 21.3 Å². The van der Waals surface area contributed by atoms with Crippen molar-refractivity contribution in [2.24, 2.45) is 11.1 Å². The molecule has 0 saturated heterocycles. The molecule has 0 aromatic heterocycles. The minimum atomic E-state index is -0.146. The van der Waals surface area contributed by atoms with Crippen LogP contribution in [0.1, 0.15) is 32.4 Å². The molecule has 2 N–H and O–H groups in total. The molecule has 0 bridgehead atoms. The zero-order valence-corrected chi connectivity index (χ0v) is 12.0. The molecule has 102 valence electrons. The number of rotatable bonds is 4. The fraction of sp³-hybridized carbons (Fsp3) is 0.571. The summed E-state index contributed by atoms with van der Waals surface area (Å²) in [4.78, 5) is 0. The Hall–Kier alpha value is -1.42. The molecule has 4 heteroatoms. The topological polar surface area (TPSA) is 53.7 Å². The number of hydrogen-bond donors (Lipinski definition) is 1. The van der Waals surface area contributed by atoms with Crippen LogP contribution in [-0.4, -0.2) is 21.3 Å². The van der Waals surface area contributed by atoms with Crippen molar-refractivity contribution >= 4 is 0 Å². The molecule has 1 rings (SSSR count). The quantitative estimate of drug-likeness (QED) is 0.896. The molecule has 0 unspecified atom stereocenters. The molecule has 0 aliphatic carbocycles. The molecule has 1 aromatic carbocycles. The lowest BCUT2D eigenvalue weighted by Crippen LogP contribution is -2.26. The summed E-state index contributed by atoms with van der Waals surface area (Å²) >= 11 is 0. The van der Waals surface area contributed by atoms with Crippen LogP contribution in [-0.2, 0) is 0 Å². The predicted molar refractivity (Wildman–Crippen MR) is 72.5 cm³/mol. The molecular weight excluding hydrogens is 230 g/mol. The van der Waals surface area contributed by atoms with Crippen molar-refractivity contribution < 1.29 is 14.2 Å². The molecule has 0 aliphatic heterocycles. The van der Waals surface area contributed by atoms with E-state index in [0.717, 1.165) is 11.3 Å². The second-order valence-corrected chi connectivity index (χ2v) is 5.29. The van der Waals surface area contributed by atoms with Crippen LogP contribution < -0.4 is 19.9 Å². The maximum Gasteiger partial charge on any atom is 0.164 e. The molecule has 0 radical (unpaired) electrons. The van der Waals surface area contributed by atoms with E-state index in [1.807, 2.05) is 6.07 Å². The third-order valence-corrected chi connectivity index (χ3v) is 3.00. The van der Waals surface area contributed by atoms with Crippen LogP contribution in [0.25, 0.3) is 0 Å². The lowest BCUT2D eigenvalue weighted by molar-refractivity contribution is 0.308. The first-order valence-corrected chi connectivity index (χ1v) is 5.90. The Morgan fingerprint density at radius 3 is 1.72 bits per heavy atom. The van der Waals surface area contributed by atoms with Gasteiger partial charge in [-0.1, -0.05) is 20.8 Å². The van der Waals surface area contributed by atoms with E-state index < -0.39 is 0 Å². The second kappa shape index (κ2) is 5.48. The molecule has 0 fully saturated rings. The predicted octanol–water partition coefficient (Wildman–Crippen LogP) is 2.76. The van der Waals surface area contributed by atoms with Crippen molar-refractivity contribution in [2.75, 3.05) is 21.3 Å². The second-order valence-electron chi connectivity index (χ2n) is 5.29. The van der Waals surface area contributed by atoms with Crippen LogP contribution in [0.5, 0.6) is 17.2 Å². The fourth-order valence-corrected chi connectivity index (χ4v) is 1.76. The molecule has 1 aromatic rings. The van der Waals surface area contributed by atoms with Gasteiger partial charge in [0.2, 0.25) is 0 Å². The molecule has 0 amide bonds. The van der Waals surface area contributed by atoms with E-state index in [-0.39, 0.29) is 11.5 Å². The van der Waals surface area contributed by atoms with Crippen molar-refractivity contribution in [1.29, 1.82) is 0 Å². The summed E-state index contributed by atoms with van der Waals surface area (Å²) in [6.07, 6.45) is 0. The van der Waals surface area contributed by atoms with E-state index in [0.29, 0.717) is 11.5 Å². The summed E-state index contributed by atoms with van der Waals surface area (Å²) in [5.74, 6) is 2.02. The molecule has 0 saturated carbocycles. The summed E-state index contributed by atoms with van der Waals surface area (Å²) in [5, 5.41) is 0. The van der Waals surface area contributed by atoms with Gasteiger partial charge < -0.3 is 19.9 Å². The summed E-state index contributed by atoms with van der Waals surface area (Å²) in [5.41, 5.74) is 7.14. The Labute approximate surface area is 109 Å². The lowest BCUT2D eigenvalue weighted by Gasteiger charge is -2.29. The van der Waals surface area contributed by atoms with Gasteiger partial charge in [0, 0.05) is 17.7 Å². The van der Waals surface area contributed by atoms with E-state index in [4.69, 9.17) is 19.9 Å². The minimum Gasteiger partial charge on any atom is -0.496 e. The summed E-state index contributed by atoms with van der Waals surface area (Å²) < 4.78 is 15.9. The largest absolute Gasteiger partial charge is 0.496 e. The van der Waals surface area contributed by atoms with Crippen molar-refractivity contribution in [3.63, 3.8) is 0 Å². The van der Waals surface area contributed by atoms with E-state index in [9.17, 15) is 0 Å². The third kappa shape index (κ3) is 2.88. The number of benzene rings is 1. The molecule has 0 aliphatic rings. The molecule has 1 atom stereocenters. The first-order chi connectivity index (χ1) is 8.35. The van der Waals surface area contributed by atoms with Crippen molar-refractivity contribution in [3.05, 3.63) is 17.7 Å². The van der Waals surface area contributed by atoms with Crippen LogP contribution in [0, 0.1) is 5.41 Å². The van der Waals surface area contributed by atoms with Gasteiger partial charge in [-0.2, -0.15) is 0 Å². The number of methoxy groups -OCH3 is 3. The van der Waals surface area contributed by atoms with Gasteiger partial charge in [-0.15, -0.1) is 0 Å². The molecular formula is C14H23NO3. The number of ether oxygens (including phenoxy) is 3. The van der Waals surface area contributed by atoms with Crippen LogP contribution in [0.2, 0.25) is 0 Å². The molecule has 4 nitrogen and oxygen atoms in total. The molecule has 0 heterocycles. The first-order valence-electron chi connectivity index (χ1n) is 5.90. The standard InChI is InChI=1S/C14H23NO3/c1-14(2,3)13(15)9-7-11(17-5)12(18-6)8-10(9)16-4/h7-8,13H,15H2,1-6H3/t13-/m0/s1. The van der Waals surface area contributed by atoms with Crippen LogP contribution in [0.15, 0.2) is 12.1 Å². The van der Waals surface area contributed by atoms with E-state index in [1.165, 1.54) is 0 Å². The van der Waals surface area contributed by atoms with Gasteiger partial charge in [-0.05, 0) is 11.5 Å². The third-order valence-electron chi connectivity index (χ3n) is 3.00. The zero-order chi connectivity index (χ0) is 13.9. The Morgan fingerprint density at radius 2 is 1.33 bits per heavy atom. The normalized spacial score (nSPS) is 13.1. The summed E-state index contributed by atoms with van der Waals surface area (Å²) in [7, 11) is 4.83. The van der Waals surface area contributed by atoms with Gasteiger partial charge in [-0.3, -0.25) is 0 Å². The van der Waals surface area contributed by atoms with E-state index in [1.54, 1.807) is 27.4 Å². The molecule has 0 spiro atoms. The highest BCUT2D eigenvalue weighted by molar-refractivity contribution is 5.52. The van der Waals surface area contributed by atoms with Crippen molar-refractivity contribution in [2.45, 2.75) is 26.8 Å². The maximum absolute atomic E-state index is 6.29.